The van der Waals surface area contributed by atoms with Crippen molar-refractivity contribution in [1.29, 1.82) is 0 Å². The third-order valence-electron chi connectivity index (χ3n) is 2.87. The highest BCUT2D eigenvalue weighted by Crippen LogP contribution is 2.24. The largest absolute Gasteiger partial charge is 0.481 e. The van der Waals surface area contributed by atoms with Gasteiger partial charge in [0.15, 0.2) is 0 Å². The van der Waals surface area contributed by atoms with Crippen LogP contribution in [0.2, 0.25) is 0 Å². The Bertz CT molecular complexity index is 170. The molecule has 0 bridgehead atoms. The number of piperidine rings is 1. The number of hydrogen-bond donors (Lipinski definition) is 2. The summed E-state index contributed by atoms with van der Waals surface area (Å²) in [6, 6.07) is 0. The van der Waals surface area contributed by atoms with Crippen molar-refractivity contribution in [2.24, 2.45) is 11.8 Å². The van der Waals surface area contributed by atoms with E-state index in [1.807, 2.05) is 0 Å². The van der Waals surface area contributed by atoms with Crippen LogP contribution < -0.4 is 5.32 Å². The summed E-state index contributed by atoms with van der Waals surface area (Å²) in [6.07, 6.45) is 4.43. The van der Waals surface area contributed by atoms with E-state index in [4.69, 9.17) is 5.11 Å². The first-order valence-corrected chi connectivity index (χ1v) is 5.19. The van der Waals surface area contributed by atoms with Crippen molar-refractivity contribution >= 4 is 5.97 Å². The first kappa shape index (κ1) is 10.5. The van der Waals surface area contributed by atoms with E-state index in [0.717, 1.165) is 32.2 Å². The summed E-state index contributed by atoms with van der Waals surface area (Å²) in [7, 11) is 0. The summed E-state index contributed by atoms with van der Waals surface area (Å²) < 4.78 is 0. The average Bonchev–Trinajstić information content (AvgIpc) is 2.15. The van der Waals surface area contributed by atoms with Crippen molar-refractivity contribution < 1.29 is 9.90 Å². The fraction of sp³-hybridized carbons (Fsp3) is 0.900. The number of nitrogens with one attached hydrogen (secondary N) is 1. The maximum Gasteiger partial charge on any atom is 0.308 e. The molecular weight excluding hydrogens is 166 g/mol. The maximum atomic E-state index is 10.9. The summed E-state index contributed by atoms with van der Waals surface area (Å²) in [5, 5.41) is 12.1. The van der Waals surface area contributed by atoms with Gasteiger partial charge in [-0.05, 0) is 25.3 Å². The molecule has 13 heavy (non-hydrogen) atoms. The molecule has 3 heteroatoms. The van der Waals surface area contributed by atoms with E-state index in [0.29, 0.717) is 12.5 Å². The molecule has 0 aromatic carbocycles. The van der Waals surface area contributed by atoms with Gasteiger partial charge in [-0.3, -0.25) is 4.79 Å². The molecule has 2 N–H and O–H groups in total. The van der Waals surface area contributed by atoms with Gasteiger partial charge in [0.25, 0.3) is 0 Å². The van der Waals surface area contributed by atoms with Crippen molar-refractivity contribution in [3.8, 4) is 0 Å². The summed E-state index contributed by atoms with van der Waals surface area (Å²) >= 11 is 0. The van der Waals surface area contributed by atoms with Gasteiger partial charge in [0.05, 0.1) is 5.92 Å². The van der Waals surface area contributed by atoms with Crippen LogP contribution in [0.4, 0.5) is 0 Å². The van der Waals surface area contributed by atoms with Crippen LogP contribution in [0.1, 0.15) is 32.6 Å². The van der Waals surface area contributed by atoms with Crippen LogP contribution in [0.25, 0.3) is 0 Å². The molecule has 2 unspecified atom stereocenters. The number of unbranched alkanes of at least 4 members (excludes halogenated alkanes) is 1. The van der Waals surface area contributed by atoms with Crippen LogP contribution in [0.15, 0.2) is 0 Å². The molecule has 1 heterocycles. The molecule has 3 nitrogen and oxygen atoms in total. The number of carboxylic acid groups (broad SMARTS) is 1. The Balaban J connectivity index is 2.41. The second-order valence-electron chi connectivity index (χ2n) is 3.84. The molecule has 1 aliphatic rings. The Morgan fingerprint density at radius 3 is 3.00 bits per heavy atom. The highest BCUT2D eigenvalue weighted by Gasteiger charge is 2.29. The standard InChI is InChI=1S/C10H19NO2/c1-2-3-4-8-5-6-11-7-9(8)10(12)13/h8-9,11H,2-7H2,1H3,(H,12,13). The molecular formula is C10H19NO2. The van der Waals surface area contributed by atoms with Crippen molar-refractivity contribution in [2.45, 2.75) is 32.6 Å². The number of carbonyl (C=O) groups is 1. The van der Waals surface area contributed by atoms with Gasteiger partial charge < -0.3 is 10.4 Å². The van der Waals surface area contributed by atoms with Crippen LogP contribution in [0.5, 0.6) is 0 Å². The van der Waals surface area contributed by atoms with Gasteiger partial charge in [0.2, 0.25) is 0 Å². The smallest absolute Gasteiger partial charge is 0.308 e. The highest BCUT2D eigenvalue weighted by atomic mass is 16.4. The van der Waals surface area contributed by atoms with Crippen molar-refractivity contribution in [1.82, 2.24) is 5.32 Å². The molecule has 0 aromatic rings. The van der Waals surface area contributed by atoms with E-state index in [1.165, 1.54) is 0 Å². The van der Waals surface area contributed by atoms with E-state index in [-0.39, 0.29) is 5.92 Å². The maximum absolute atomic E-state index is 10.9. The van der Waals surface area contributed by atoms with Gasteiger partial charge in [-0.2, -0.15) is 0 Å². The molecule has 0 amide bonds. The van der Waals surface area contributed by atoms with Crippen LogP contribution in [0, 0.1) is 11.8 Å². The van der Waals surface area contributed by atoms with Crippen LogP contribution in [-0.4, -0.2) is 24.2 Å². The minimum Gasteiger partial charge on any atom is -0.481 e. The minimum atomic E-state index is -0.631. The van der Waals surface area contributed by atoms with Crippen molar-refractivity contribution in [3.05, 3.63) is 0 Å². The lowest BCUT2D eigenvalue weighted by molar-refractivity contribution is -0.144. The first-order chi connectivity index (χ1) is 6.25. The first-order valence-electron chi connectivity index (χ1n) is 5.19. The van der Waals surface area contributed by atoms with Crippen molar-refractivity contribution in [3.63, 3.8) is 0 Å². The number of rotatable bonds is 4. The topological polar surface area (TPSA) is 49.3 Å². The Hall–Kier alpha value is -0.570. The zero-order chi connectivity index (χ0) is 9.68. The Kier molecular flexibility index (Phi) is 4.22. The quantitative estimate of drug-likeness (QED) is 0.697. The second-order valence-corrected chi connectivity index (χ2v) is 3.84. The van der Waals surface area contributed by atoms with Crippen LogP contribution >= 0.6 is 0 Å². The zero-order valence-electron chi connectivity index (χ0n) is 8.25. The third kappa shape index (κ3) is 2.99. The van der Waals surface area contributed by atoms with Crippen molar-refractivity contribution in [2.75, 3.05) is 13.1 Å². The molecule has 0 spiro atoms. The van der Waals surface area contributed by atoms with Gasteiger partial charge in [0.1, 0.15) is 0 Å². The SMILES string of the molecule is CCCCC1CCNCC1C(=O)O. The van der Waals surface area contributed by atoms with Gasteiger partial charge >= 0.3 is 5.97 Å². The summed E-state index contributed by atoms with van der Waals surface area (Å²) in [4.78, 5) is 10.9. The monoisotopic (exact) mass is 185 g/mol. The highest BCUT2D eigenvalue weighted by molar-refractivity contribution is 5.70. The minimum absolute atomic E-state index is 0.153. The molecule has 1 aliphatic heterocycles. The van der Waals surface area contributed by atoms with E-state index < -0.39 is 5.97 Å². The zero-order valence-corrected chi connectivity index (χ0v) is 8.25. The Morgan fingerprint density at radius 2 is 2.38 bits per heavy atom. The number of aliphatic carboxylic acids is 1. The summed E-state index contributed by atoms with van der Waals surface area (Å²) in [6.45, 7) is 3.79. The van der Waals surface area contributed by atoms with E-state index in [9.17, 15) is 4.79 Å². The third-order valence-corrected chi connectivity index (χ3v) is 2.87. The van der Waals surface area contributed by atoms with Gasteiger partial charge in [-0.25, -0.2) is 0 Å². The lowest BCUT2D eigenvalue weighted by atomic mass is 9.83. The Morgan fingerprint density at radius 1 is 1.62 bits per heavy atom. The van der Waals surface area contributed by atoms with E-state index in [2.05, 4.69) is 12.2 Å². The number of hydrogen-bond acceptors (Lipinski definition) is 2. The average molecular weight is 185 g/mol. The molecule has 2 atom stereocenters. The predicted octanol–water partition coefficient (Wildman–Crippen LogP) is 1.49. The lowest BCUT2D eigenvalue weighted by Crippen LogP contribution is -2.40. The molecule has 1 fully saturated rings. The molecule has 76 valence electrons. The fourth-order valence-electron chi connectivity index (χ4n) is 2.01. The van der Waals surface area contributed by atoms with Crippen LogP contribution in [0.3, 0.4) is 0 Å². The van der Waals surface area contributed by atoms with Gasteiger partial charge in [-0.15, -0.1) is 0 Å². The molecule has 0 aliphatic carbocycles. The van der Waals surface area contributed by atoms with E-state index >= 15 is 0 Å². The van der Waals surface area contributed by atoms with Gasteiger partial charge in [-0.1, -0.05) is 19.8 Å². The van der Waals surface area contributed by atoms with Crippen LogP contribution in [-0.2, 0) is 4.79 Å². The molecule has 1 rings (SSSR count). The summed E-state index contributed by atoms with van der Waals surface area (Å²) in [5.74, 6) is -0.382. The molecule has 0 saturated carbocycles. The normalized spacial score (nSPS) is 28.7. The Labute approximate surface area is 79.5 Å². The van der Waals surface area contributed by atoms with E-state index in [1.54, 1.807) is 0 Å². The second kappa shape index (κ2) is 5.22. The molecule has 0 aromatic heterocycles. The predicted molar refractivity (Wildman–Crippen MR) is 51.6 cm³/mol. The molecule has 0 radical (unpaired) electrons. The fourth-order valence-corrected chi connectivity index (χ4v) is 2.01. The molecule has 1 saturated heterocycles. The number of carboxylic acids is 1. The van der Waals surface area contributed by atoms with Gasteiger partial charge in [0, 0.05) is 6.54 Å². The summed E-state index contributed by atoms with van der Waals surface area (Å²) in [5.41, 5.74) is 0. The lowest BCUT2D eigenvalue weighted by Gasteiger charge is -2.29.